The molecule has 1 aliphatic heterocycles. The maximum Gasteiger partial charge on any atom is 0.243 e. The Labute approximate surface area is 154 Å². The van der Waals surface area contributed by atoms with E-state index in [0.717, 1.165) is 38.6 Å². The first-order valence-corrected chi connectivity index (χ1v) is 10.6. The molecule has 1 fully saturated rings. The van der Waals surface area contributed by atoms with E-state index < -0.39 is 15.8 Å². The second kappa shape index (κ2) is 7.00. The standard InChI is InChI=1S/C20H23FN2O2S/c21-18-9-2-4-11-20(18)26(24,25)22-16-7-5-8-17(14-16)23-13-12-15-6-1-3-10-19(15)23/h1-4,6,9-11,16-17,22H,5,7-8,12-14H2. The van der Waals surface area contributed by atoms with Crippen LogP contribution in [0.1, 0.15) is 31.2 Å². The SMILES string of the molecule is O=S(=O)(NC1CCCC(N2CCc3ccccc32)C1)c1ccccc1F. The minimum absolute atomic E-state index is 0.161. The zero-order chi connectivity index (χ0) is 18.1. The lowest BCUT2D eigenvalue weighted by Gasteiger charge is -2.37. The monoisotopic (exact) mass is 374 g/mol. The molecule has 1 N–H and O–H groups in total. The molecule has 26 heavy (non-hydrogen) atoms. The lowest BCUT2D eigenvalue weighted by atomic mass is 9.90. The normalized spacial score (nSPS) is 23.0. The van der Waals surface area contributed by atoms with E-state index >= 15 is 0 Å². The fourth-order valence-electron chi connectivity index (χ4n) is 4.24. The quantitative estimate of drug-likeness (QED) is 0.891. The van der Waals surface area contributed by atoms with Gasteiger partial charge in [-0.3, -0.25) is 0 Å². The van der Waals surface area contributed by atoms with Crippen LogP contribution in [0, 0.1) is 5.82 Å². The Balaban J connectivity index is 1.49. The summed E-state index contributed by atoms with van der Waals surface area (Å²) < 4.78 is 41.8. The number of rotatable bonds is 4. The molecule has 1 aliphatic carbocycles. The van der Waals surface area contributed by atoms with E-state index in [1.165, 1.54) is 29.4 Å². The van der Waals surface area contributed by atoms with E-state index in [0.29, 0.717) is 6.04 Å². The number of hydrogen-bond acceptors (Lipinski definition) is 3. The van der Waals surface area contributed by atoms with E-state index in [4.69, 9.17) is 0 Å². The molecule has 0 amide bonds. The van der Waals surface area contributed by atoms with Crippen LogP contribution in [0.15, 0.2) is 53.4 Å². The predicted molar refractivity (Wildman–Crippen MR) is 100 cm³/mol. The smallest absolute Gasteiger partial charge is 0.243 e. The van der Waals surface area contributed by atoms with Crippen molar-refractivity contribution in [2.24, 2.45) is 0 Å². The number of hydrogen-bond donors (Lipinski definition) is 1. The molecule has 0 saturated heterocycles. The van der Waals surface area contributed by atoms with Crippen molar-refractivity contribution in [2.45, 2.75) is 49.1 Å². The Morgan fingerprint density at radius 2 is 1.81 bits per heavy atom. The molecule has 0 radical (unpaired) electrons. The van der Waals surface area contributed by atoms with E-state index in [1.807, 2.05) is 0 Å². The summed E-state index contributed by atoms with van der Waals surface area (Å²) in [7, 11) is -3.84. The van der Waals surface area contributed by atoms with Gasteiger partial charge in [0.25, 0.3) is 0 Å². The lowest BCUT2D eigenvalue weighted by Crippen LogP contribution is -2.45. The van der Waals surface area contributed by atoms with Crippen LogP contribution < -0.4 is 9.62 Å². The van der Waals surface area contributed by atoms with Crippen LogP contribution in [0.2, 0.25) is 0 Å². The average Bonchev–Trinajstić information content (AvgIpc) is 3.06. The summed E-state index contributed by atoms with van der Waals surface area (Å²) in [6, 6.07) is 14.1. The number of nitrogens with one attached hydrogen (secondary N) is 1. The van der Waals surface area contributed by atoms with Gasteiger partial charge < -0.3 is 4.90 Å². The van der Waals surface area contributed by atoms with Crippen molar-refractivity contribution in [3.8, 4) is 0 Å². The molecule has 1 heterocycles. The van der Waals surface area contributed by atoms with Gasteiger partial charge in [0, 0.05) is 24.3 Å². The lowest BCUT2D eigenvalue weighted by molar-refractivity contribution is 0.357. The molecule has 4 nitrogen and oxygen atoms in total. The highest BCUT2D eigenvalue weighted by Gasteiger charge is 2.32. The Bertz CT molecular complexity index is 900. The van der Waals surface area contributed by atoms with Crippen molar-refractivity contribution < 1.29 is 12.8 Å². The van der Waals surface area contributed by atoms with E-state index in [1.54, 1.807) is 6.07 Å². The zero-order valence-electron chi connectivity index (χ0n) is 14.6. The van der Waals surface area contributed by atoms with Crippen molar-refractivity contribution in [3.63, 3.8) is 0 Å². The molecule has 0 spiro atoms. The van der Waals surface area contributed by atoms with Crippen LogP contribution in [-0.2, 0) is 16.4 Å². The van der Waals surface area contributed by atoms with Gasteiger partial charge in [-0.05, 0) is 55.9 Å². The van der Waals surface area contributed by atoms with Gasteiger partial charge in [0.2, 0.25) is 10.0 Å². The molecule has 138 valence electrons. The zero-order valence-corrected chi connectivity index (χ0v) is 15.4. The third kappa shape index (κ3) is 3.35. The third-order valence-corrected chi connectivity index (χ3v) is 7.01. The van der Waals surface area contributed by atoms with Gasteiger partial charge >= 0.3 is 0 Å². The molecule has 2 atom stereocenters. The summed E-state index contributed by atoms with van der Waals surface area (Å²) in [6.07, 6.45) is 4.61. The van der Waals surface area contributed by atoms with Gasteiger partial charge in [-0.2, -0.15) is 0 Å². The molecule has 2 aliphatic rings. The van der Waals surface area contributed by atoms with Gasteiger partial charge in [0.05, 0.1) is 0 Å². The molecule has 0 aromatic heterocycles. The molecule has 2 aromatic carbocycles. The minimum atomic E-state index is -3.84. The average molecular weight is 374 g/mol. The van der Waals surface area contributed by atoms with Crippen LogP contribution in [0.5, 0.6) is 0 Å². The highest BCUT2D eigenvalue weighted by atomic mass is 32.2. The summed E-state index contributed by atoms with van der Waals surface area (Å²) in [5, 5.41) is 0. The molecule has 2 aromatic rings. The molecule has 1 saturated carbocycles. The number of fused-ring (bicyclic) bond motifs is 1. The second-order valence-corrected chi connectivity index (χ2v) is 8.82. The molecule has 4 rings (SSSR count). The largest absolute Gasteiger partial charge is 0.368 e. The van der Waals surface area contributed by atoms with Gasteiger partial charge in [0.1, 0.15) is 10.7 Å². The van der Waals surface area contributed by atoms with Crippen molar-refractivity contribution in [1.29, 1.82) is 0 Å². The van der Waals surface area contributed by atoms with Gasteiger partial charge in [-0.25, -0.2) is 17.5 Å². The Kier molecular flexibility index (Phi) is 4.71. The first-order chi connectivity index (χ1) is 12.5. The summed E-state index contributed by atoms with van der Waals surface area (Å²) in [5.74, 6) is -0.708. The van der Waals surface area contributed by atoms with E-state index in [-0.39, 0.29) is 10.9 Å². The van der Waals surface area contributed by atoms with Gasteiger partial charge in [-0.15, -0.1) is 0 Å². The predicted octanol–water partition coefficient (Wildman–Crippen LogP) is 3.48. The number of halogens is 1. The maximum atomic E-state index is 13.9. The Morgan fingerprint density at radius 1 is 1.04 bits per heavy atom. The Morgan fingerprint density at radius 3 is 2.65 bits per heavy atom. The van der Waals surface area contributed by atoms with Crippen molar-refractivity contribution in [3.05, 3.63) is 59.9 Å². The number of nitrogens with zero attached hydrogens (tertiary/aromatic N) is 1. The van der Waals surface area contributed by atoms with Crippen LogP contribution in [0.3, 0.4) is 0 Å². The Hall–Kier alpha value is -1.92. The highest BCUT2D eigenvalue weighted by molar-refractivity contribution is 7.89. The fraction of sp³-hybridized carbons (Fsp3) is 0.400. The maximum absolute atomic E-state index is 13.9. The van der Waals surface area contributed by atoms with Crippen LogP contribution in [0.4, 0.5) is 10.1 Å². The van der Waals surface area contributed by atoms with Gasteiger partial charge in [0.15, 0.2) is 0 Å². The van der Waals surface area contributed by atoms with E-state index in [2.05, 4.69) is 33.9 Å². The number of sulfonamides is 1. The first-order valence-electron chi connectivity index (χ1n) is 9.16. The minimum Gasteiger partial charge on any atom is -0.368 e. The summed E-state index contributed by atoms with van der Waals surface area (Å²) >= 11 is 0. The number of para-hydroxylation sites is 1. The molecular formula is C20H23FN2O2S. The molecule has 6 heteroatoms. The van der Waals surface area contributed by atoms with Crippen molar-refractivity contribution in [1.82, 2.24) is 4.72 Å². The molecule has 2 unspecified atom stereocenters. The highest BCUT2D eigenvalue weighted by Crippen LogP contribution is 2.34. The summed E-state index contributed by atoms with van der Waals surface area (Å²) in [6.45, 7) is 0.983. The molecule has 0 bridgehead atoms. The number of benzene rings is 2. The number of anilines is 1. The van der Waals surface area contributed by atoms with Crippen LogP contribution in [0.25, 0.3) is 0 Å². The first kappa shape index (κ1) is 17.5. The van der Waals surface area contributed by atoms with Gasteiger partial charge in [-0.1, -0.05) is 30.3 Å². The second-order valence-electron chi connectivity index (χ2n) is 7.14. The fourth-order valence-corrected chi connectivity index (χ4v) is 5.61. The summed E-state index contributed by atoms with van der Waals surface area (Å²) in [4.78, 5) is 2.15. The van der Waals surface area contributed by atoms with Crippen molar-refractivity contribution >= 4 is 15.7 Å². The van der Waals surface area contributed by atoms with Crippen LogP contribution in [-0.4, -0.2) is 27.0 Å². The summed E-state index contributed by atoms with van der Waals surface area (Å²) in [5.41, 5.74) is 2.64. The topological polar surface area (TPSA) is 49.4 Å². The van der Waals surface area contributed by atoms with Crippen LogP contribution >= 0.6 is 0 Å². The van der Waals surface area contributed by atoms with E-state index in [9.17, 15) is 12.8 Å². The van der Waals surface area contributed by atoms with Crippen molar-refractivity contribution in [2.75, 3.05) is 11.4 Å². The molecular weight excluding hydrogens is 351 g/mol. The third-order valence-electron chi connectivity index (χ3n) is 5.46.